The zero-order chi connectivity index (χ0) is 15.9. The monoisotopic (exact) mass is 337 g/mol. The fourth-order valence-electron chi connectivity index (χ4n) is 2.70. The Kier molecular flexibility index (Phi) is 3.65. The molecule has 22 heavy (non-hydrogen) atoms. The van der Waals surface area contributed by atoms with Gasteiger partial charge in [-0.1, -0.05) is 0 Å². The van der Waals surface area contributed by atoms with Crippen LogP contribution in [0.1, 0.15) is 22.8 Å². The van der Waals surface area contributed by atoms with E-state index >= 15 is 0 Å². The van der Waals surface area contributed by atoms with E-state index in [0.29, 0.717) is 22.8 Å². The first-order valence-corrected chi connectivity index (χ1v) is 9.42. The lowest BCUT2D eigenvalue weighted by atomic mass is 10.1. The van der Waals surface area contributed by atoms with Gasteiger partial charge in [-0.25, -0.2) is 13.4 Å². The van der Waals surface area contributed by atoms with Gasteiger partial charge in [0.1, 0.15) is 0 Å². The number of hydrogen-bond donors (Lipinski definition) is 1. The third-order valence-electron chi connectivity index (χ3n) is 3.50. The first-order chi connectivity index (χ1) is 10.4. The van der Waals surface area contributed by atoms with Crippen molar-refractivity contribution >= 4 is 38.1 Å². The van der Waals surface area contributed by atoms with E-state index in [2.05, 4.69) is 10.3 Å². The lowest BCUT2D eigenvalue weighted by Crippen LogP contribution is -2.34. The molecule has 0 radical (unpaired) electrons. The topological polar surface area (TPSA) is 79.4 Å². The molecule has 1 aromatic carbocycles. The van der Waals surface area contributed by atoms with Crippen molar-refractivity contribution in [3.8, 4) is 0 Å². The number of carbonyl (C=O) groups is 1. The molecule has 0 saturated heterocycles. The standard InChI is InChI=1S/C14H15N3O3S2/c1-9-7-11-8-10(13(18)16-14-15-5-6-21-14)3-4-12(11)17(9)22(2,19)20/h3-6,8-9H,7H2,1-2H3,(H,15,16,18). The number of nitrogens with zero attached hydrogens (tertiary/aromatic N) is 2. The van der Waals surface area contributed by atoms with E-state index in [4.69, 9.17) is 0 Å². The number of nitrogens with one attached hydrogen (secondary N) is 1. The molecule has 0 spiro atoms. The van der Waals surface area contributed by atoms with Crippen molar-refractivity contribution in [1.82, 2.24) is 4.98 Å². The van der Waals surface area contributed by atoms with E-state index in [9.17, 15) is 13.2 Å². The average Bonchev–Trinajstić information content (AvgIpc) is 3.02. The quantitative estimate of drug-likeness (QED) is 0.930. The SMILES string of the molecule is CC1Cc2cc(C(=O)Nc3nccs3)ccc2N1S(C)(=O)=O. The minimum atomic E-state index is -3.31. The average molecular weight is 337 g/mol. The van der Waals surface area contributed by atoms with E-state index < -0.39 is 10.0 Å². The highest BCUT2D eigenvalue weighted by Crippen LogP contribution is 2.34. The van der Waals surface area contributed by atoms with Gasteiger partial charge in [0.15, 0.2) is 5.13 Å². The maximum absolute atomic E-state index is 12.2. The molecule has 2 heterocycles. The molecule has 3 rings (SSSR count). The smallest absolute Gasteiger partial charge is 0.257 e. The number of benzene rings is 1. The Bertz CT molecular complexity index is 816. The molecular formula is C14H15N3O3S2. The van der Waals surface area contributed by atoms with Gasteiger partial charge in [-0.05, 0) is 37.1 Å². The van der Waals surface area contributed by atoms with Crippen LogP contribution in [0.3, 0.4) is 0 Å². The van der Waals surface area contributed by atoms with Crippen molar-refractivity contribution in [2.24, 2.45) is 0 Å². The highest BCUT2D eigenvalue weighted by molar-refractivity contribution is 7.92. The van der Waals surface area contributed by atoms with Crippen LogP contribution < -0.4 is 9.62 Å². The second kappa shape index (κ2) is 5.36. The van der Waals surface area contributed by atoms with Gasteiger partial charge in [0.2, 0.25) is 10.0 Å². The van der Waals surface area contributed by atoms with Crippen LogP contribution >= 0.6 is 11.3 Å². The molecule has 1 aliphatic heterocycles. The molecule has 1 aromatic heterocycles. The maximum Gasteiger partial charge on any atom is 0.257 e. The Labute approximate surface area is 132 Å². The molecular weight excluding hydrogens is 322 g/mol. The first-order valence-electron chi connectivity index (χ1n) is 6.69. The molecule has 0 fully saturated rings. The van der Waals surface area contributed by atoms with Crippen LogP contribution in [0.15, 0.2) is 29.8 Å². The van der Waals surface area contributed by atoms with Gasteiger partial charge in [-0.3, -0.25) is 14.4 Å². The van der Waals surface area contributed by atoms with E-state index in [1.54, 1.807) is 29.8 Å². The zero-order valence-electron chi connectivity index (χ0n) is 12.1. The van der Waals surface area contributed by atoms with Crippen molar-refractivity contribution in [3.05, 3.63) is 40.9 Å². The normalized spacial score (nSPS) is 17.4. The van der Waals surface area contributed by atoms with Crippen molar-refractivity contribution in [3.63, 3.8) is 0 Å². The van der Waals surface area contributed by atoms with Crippen LogP contribution in [0.25, 0.3) is 0 Å². The second-order valence-corrected chi connectivity index (χ2v) is 8.00. The van der Waals surface area contributed by atoms with Crippen LogP contribution in [0.5, 0.6) is 0 Å². The molecule has 0 aliphatic carbocycles. The predicted molar refractivity (Wildman–Crippen MR) is 87.0 cm³/mol. The lowest BCUT2D eigenvalue weighted by molar-refractivity contribution is 0.102. The number of hydrogen-bond acceptors (Lipinski definition) is 5. The van der Waals surface area contributed by atoms with Gasteiger partial charge in [-0.2, -0.15) is 0 Å². The molecule has 8 heteroatoms. The summed E-state index contributed by atoms with van der Waals surface area (Å²) in [6.07, 6.45) is 3.41. The summed E-state index contributed by atoms with van der Waals surface area (Å²) in [5.41, 5.74) is 2.02. The Morgan fingerprint density at radius 3 is 2.86 bits per heavy atom. The number of anilines is 2. The van der Waals surface area contributed by atoms with Crippen molar-refractivity contribution < 1.29 is 13.2 Å². The molecule has 0 bridgehead atoms. The van der Waals surface area contributed by atoms with Crippen LogP contribution in [0.2, 0.25) is 0 Å². The molecule has 2 aromatic rings. The molecule has 6 nitrogen and oxygen atoms in total. The van der Waals surface area contributed by atoms with Crippen LogP contribution in [-0.4, -0.2) is 31.6 Å². The fourth-order valence-corrected chi connectivity index (χ4v) is 4.49. The molecule has 1 amide bonds. The fraction of sp³-hybridized carbons (Fsp3) is 0.286. The largest absolute Gasteiger partial charge is 0.298 e. The number of amides is 1. The summed E-state index contributed by atoms with van der Waals surface area (Å²) in [4.78, 5) is 16.2. The lowest BCUT2D eigenvalue weighted by Gasteiger charge is -2.21. The minimum absolute atomic E-state index is 0.137. The van der Waals surface area contributed by atoms with Crippen molar-refractivity contribution in [2.75, 3.05) is 15.9 Å². The summed E-state index contributed by atoms with van der Waals surface area (Å²) in [6.45, 7) is 1.86. The third kappa shape index (κ3) is 2.71. The summed E-state index contributed by atoms with van der Waals surface area (Å²) in [5, 5.41) is 5.04. The molecule has 1 N–H and O–H groups in total. The molecule has 116 valence electrons. The second-order valence-electron chi connectivity index (χ2n) is 5.25. The highest BCUT2D eigenvalue weighted by Gasteiger charge is 2.32. The van der Waals surface area contributed by atoms with Gasteiger partial charge < -0.3 is 0 Å². The van der Waals surface area contributed by atoms with Gasteiger partial charge in [0.05, 0.1) is 11.9 Å². The number of thiazole rings is 1. The number of aromatic nitrogens is 1. The van der Waals surface area contributed by atoms with E-state index in [-0.39, 0.29) is 11.9 Å². The summed E-state index contributed by atoms with van der Waals surface area (Å²) >= 11 is 1.34. The summed E-state index contributed by atoms with van der Waals surface area (Å²) in [7, 11) is -3.31. The molecule has 1 unspecified atom stereocenters. The predicted octanol–water partition coefficient (Wildman–Crippen LogP) is 2.11. The van der Waals surface area contributed by atoms with Gasteiger partial charge in [0.25, 0.3) is 5.91 Å². The van der Waals surface area contributed by atoms with Crippen LogP contribution in [-0.2, 0) is 16.4 Å². The van der Waals surface area contributed by atoms with Crippen LogP contribution in [0.4, 0.5) is 10.8 Å². The van der Waals surface area contributed by atoms with Gasteiger partial charge in [0, 0.05) is 23.2 Å². The number of rotatable bonds is 3. The first kappa shape index (κ1) is 15.0. The summed E-state index contributed by atoms with van der Waals surface area (Å²) in [5.74, 6) is -0.247. The maximum atomic E-state index is 12.2. The van der Waals surface area contributed by atoms with Gasteiger partial charge >= 0.3 is 0 Å². The Balaban J connectivity index is 1.90. The third-order valence-corrected chi connectivity index (χ3v) is 5.46. The highest BCUT2D eigenvalue weighted by atomic mass is 32.2. The van der Waals surface area contributed by atoms with E-state index in [0.717, 1.165) is 5.56 Å². The number of fused-ring (bicyclic) bond motifs is 1. The zero-order valence-corrected chi connectivity index (χ0v) is 13.7. The summed E-state index contributed by atoms with van der Waals surface area (Å²) < 4.78 is 25.2. The van der Waals surface area contributed by atoms with Gasteiger partial charge in [-0.15, -0.1) is 11.3 Å². The molecule has 0 saturated carbocycles. The van der Waals surface area contributed by atoms with E-state index in [1.165, 1.54) is 21.9 Å². The number of carbonyl (C=O) groups excluding carboxylic acids is 1. The summed E-state index contributed by atoms with van der Waals surface area (Å²) in [6, 6.07) is 4.94. The Hall–Kier alpha value is -1.93. The minimum Gasteiger partial charge on any atom is -0.298 e. The molecule has 1 atom stereocenters. The Morgan fingerprint density at radius 2 is 2.23 bits per heavy atom. The number of sulfonamides is 1. The van der Waals surface area contributed by atoms with Crippen LogP contribution in [0, 0.1) is 0 Å². The Morgan fingerprint density at radius 1 is 1.45 bits per heavy atom. The van der Waals surface area contributed by atoms with Crippen molar-refractivity contribution in [2.45, 2.75) is 19.4 Å². The molecule has 1 aliphatic rings. The van der Waals surface area contributed by atoms with Crippen molar-refractivity contribution in [1.29, 1.82) is 0 Å². The van der Waals surface area contributed by atoms with E-state index in [1.807, 2.05) is 6.92 Å².